The summed E-state index contributed by atoms with van der Waals surface area (Å²) in [6.07, 6.45) is 4.93. The summed E-state index contributed by atoms with van der Waals surface area (Å²) in [7, 11) is 0. The van der Waals surface area contributed by atoms with Gasteiger partial charge < -0.3 is 16.3 Å². The molecular weight excluding hydrogens is 154 g/mol. The molecule has 0 bridgehead atoms. The third-order valence-electron chi connectivity index (χ3n) is 2.53. The summed E-state index contributed by atoms with van der Waals surface area (Å²) in [5.74, 6) is 0.253. The number of rotatable bonds is 3. The summed E-state index contributed by atoms with van der Waals surface area (Å²) >= 11 is 0. The van der Waals surface area contributed by atoms with Crippen LogP contribution in [0.5, 0.6) is 0 Å². The maximum absolute atomic E-state index is 8.32. The zero-order valence-electron chi connectivity index (χ0n) is 7.51. The molecule has 1 fully saturated rings. The first kappa shape index (κ1) is 9.32. The fourth-order valence-electron chi connectivity index (χ4n) is 1.67. The lowest BCUT2D eigenvalue weighted by Crippen LogP contribution is -2.44. The van der Waals surface area contributed by atoms with Crippen LogP contribution in [0.2, 0.25) is 0 Å². The molecule has 1 aliphatic carbocycles. The minimum atomic E-state index is 0.204. The van der Waals surface area contributed by atoms with Gasteiger partial charge in [0.15, 0.2) is 5.84 Å². The van der Waals surface area contributed by atoms with Crippen molar-refractivity contribution in [2.45, 2.75) is 38.1 Å². The molecule has 1 rings (SSSR count). The predicted molar refractivity (Wildman–Crippen MR) is 48.3 cm³/mol. The van der Waals surface area contributed by atoms with E-state index in [1.165, 1.54) is 25.7 Å². The quantitative estimate of drug-likeness (QED) is 0.253. The topological polar surface area (TPSA) is 70.6 Å². The Morgan fingerprint density at radius 1 is 1.58 bits per heavy atom. The lowest BCUT2D eigenvalue weighted by Gasteiger charge is -2.24. The van der Waals surface area contributed by atoms with Gasteiger partial charge >= 0.3 is 0 Å². The lowest BCUT2D eigenvalue weighted by atomic mass is 10.0. The van der Waals surface area contributed by atoms with E-state index in [2.05, 4.69) is 17.4 Å². The Hall–Kier alpha value is -0.770. The smallest absolute Gasteiger partial charge is 0.153 e. The monoisotopic (exact) mass is 171 g/mol. The third kappa shape index (κ3) is 2.37. The van der Waals surface area contributed by atoms with Crippen molar-refractivity contribution in [3.63, 3.8) is 0 Å². The third-order valence-corrected chi connectivity index (χ3v) is 2.53. The molecule has 1 aliphatic rings. The molecular formula is C8H17N3O. The summed E-state index contributed by atoms with van der Waals surface area (Å²) in [4.78, 5) is 0. The molecule has 0 heterocycles. The molecule has 12 heavy (non-hydrogen) atoms. The average molecular weight is 171 g/mol. The van der Waals surface area contributed by atoms with Crippen molar-refractivity contribution in [1.29, 1.82) is 0 Å². The number of oxime groups is 1. The van der Waals surface area contributed by atoms with Gasteiger partial charge in [-0.1, -0.05) is 18.0 Å². The standard InChI is InChI=1S/C8H17N3O/c1-8(4-2-3-5-8)10-6-7(9)11-12/h10,12H,2-6H2,1H3,(H2,9,11). The summed E-state index contributed by atoms with van der Waals surface area (Å²) in [6, 6.07) is 0. The van der Waals surface area contributed by atoms with Crippen LogP contribution in [0.15, 0.2) is 5.16 Å². The minimum absolute atomic E-state index is 0.204. The number of nitrogens with one attached hydrogen (secondary N) is 1. The molecule has 0 aliphatic heterocycles. The van der Waals surface area contributed by atoms with Gasteiger partial charge in [-0.2, -0.15) is 0 Å². The normalized spacial score (nSPS) is 22.9. The van der Waals surface area contributed by atoms with Crippen molar-refractivity contribution in [3.05, 3.63) is 0 Å². The van der Waals surface area contributed by atoms with E-state index in [0.717, 1.165) is 0 Å². The highest BCUT2D eigenvalue weighted by Crippen LogP contribution is 2.28. The first-order valence-electron chi connectivity index (χ1n) is 4.38. The number of nitrogens with two attached hydrogens (primary N) is 1. The van der Waals surface area contributed by atoms with E-state index < -0.39 is 0 Å². The molecule has 0 saturated heterocycles. The number of hydrogen-bond donors (Lipinski definition) is 3. The molecule has 1 saturated carbocycles. The van der Waals surface area contributed by atoms with Gasteiger partial charge in [-0.05, 0) is 19.8 Å². The molecule has 4 heteroatoms. The molecule has 0 unspecified atom stereocenters. The van der Waals surface area contributed by atoms with Crippen molar-refractivity contribution in [3.8, 4) is 0 Å². The summed E-state index contributed by atoms with van der Waals surface area (Å²) < 4.78 is 0. The van der Waals surface area contributed by atoms with Crippen LogP contribution in [0, 0.1) is 0 Å². The molecule has 0 aromatic heterocycles. The van der Waals surface area contributed by atoms with Crippen LogP contribution in [-0.2, 0) is 0 Å². The molecule has 0 amide bonds. The number of nitrogens with zero attached hydrogens (tertiary/aromatic N) is 1. The Bertz CT molecular complexity index is 173. The molecule has 4 N–H and O–H groups in total. The van der Waals surface area contributed by atoms with E-state index >= 15 is 0 Å². The summed E-state index contributed by atoms with van der Waals surface area (Å²) in [6.45, 7) is 2.66. The summed E-state index contributed by atoms with van der Waals surface area (Å²) in [5.41, 5.74) is 5.55. The minimum Gasteiger partial charge on any atom is -0.409 e. The van der Waals surface area contributed by atoms with E-state index in [9.17, 15) is 0 Å². The van der Waals surface area contributed by atoms with E-state index in [1.54, 1.807) is 0 Å². The van der Waals surface area contributed by atoms with Crippen LogP contribution in [0.1, 0.15) is 32.6 Å². The molecule has 0 aromatic carbocycles. The van der Waals surface area contributed by atoms with Crippen LogP contribution < -0.4 is 11.1 Å². The van der Waals surface area contributed by atoms with Crippen LogP contribution in [0.3, 0.4) is 0 Å². The molecule has 70 valence electrons. The predicted octanol–water partition coefficient (Wildman–Crippen LogP) is 0.655. The Labute approximate surface area is 72.8 Å². The number of hydrogen-bond acceptors (Lipinski definition) is 3. The fraction of sp³-hybridized carbons (Fsp3) is 0.875. The van der Waals surface area contributed by atoms with E-state index in [0.29, 0.717) is 6.54 Å². The van der Waals surface area contributed by atoms with Crippen LogP contribution in [-0.4, -0.2) is 23.1 Å². The van der Waals surface area contributed by atoms with Gasteiger partial charge in [-0.15, -0.1) is 0 Å². The number of amidine groups is 1. The van der Waals surface area contributed by atoms with Crippen molar-refractivity contribution in [1.82, 2.24) is 5.32 Å². The Balaban J connectivity index is 2.30. The van der Waals surface area contributed by atoms with E-state index in [4.69, 9.17) is 10.9 Å². The first-order valence-corrected chi connectivity index (χ1v) is 4.38. The fourth-order valence-corrected chi connectivity index (χ4v) is 1.67. The lowest BCUT2D eigenvalue weighted by molar-refractivity contribution is 0.314. The maximum atomic E-state index is 8.32. The highest BCUT2D eigenvalue weighted by molar-refractivity contribution is 5.81. The van der Waals surface area contributed by atoms with E-state index in [1.807, 2.05) is 0 Å². The highest BCUT2D eigenvalue weighted by atomic mass is 16.4. The zero-order chi connectivity index (χ0) is 9.03. The Kier molecular flexibility index (Phi) is 2.92. The van der Waals surface area contributed by atoms with Crippen molar-refractivity contribution in [2.24, 2.45) is 10.9 Å². The second kappa shape index (κ2) is 3.76. The SMILES string of the molecule is CC1(NCC(N)=NO)CCCC1. The van der Waals surface area contributed by atoms with Crippen molar-refractivity contribution >= 4 is 5.84 Å². The second-order valence-corrected chi connectivity index (χ2v) is 3.71. The Morgan fingerprint density at radius 2 is 2.17 bits per heavy atom. The molecule has 0 radical (unpaired) electrons. The van der Waals surface area contributed by atoms with Gasteiger partial charge in [-0.3, -0.25) is 0 Å². The molecule has 0 spiro atoms. The second-order valence-electron chi connectivity index (χ2n) is 3.71. The largest absolute Gasteiger partial charge is 0.409 e. The summed E-state index contributed by atoms with van der Waals surface area (Å²) in [5, 5.41) is 14.5. The van der Waals surface area contributed by atoms with Crippen molar-refractivity contribution in [2.75, 3.05) is 6.54 Å². The van der Waals surface area contributed by atoms with Crippen molar-refractivity contribution < 1.29 is 5.21 Å². The van der Waals surface area contributed by atoms with Crippen LogP contribution >= 0.6 is 0 Å². The average Bonchev–Trinajstić information content (AvgIpc) is 2.49. The highest BCUT2D eigenvalue weighted by Gasteiger charge is 2.27. The van der Waals surface area contributed by atoms with Gasteiger partial charge in [0.05, 0.1) is 6.54 Å². The van der Waals surface area contributed by atoms with Gasteiger partial charge in [-0.25, -0.2) is 0 Å². The van der Waals surface area contributed by atoms with Crippen LogP contribution in [0.25, 0.3) is 0 Å². The Morgan fingerprint density at radius 3 is 2.67 bits per heavy atom. The molecule has 0 atom stereocenters. The van der Waals surface area contributed by atoms with Gasteiger partial charge in [0.1, 0.15) is 0 Å². The van der Waals surface area contributed by atoms with Gasteiger partial charge in [0.25, 0.3) is 0 Å². The van der Waals surface area contributed by atoms with Crippen LogP contribution in [0.4, 0.5) is 0 Å². The van der Waals surface area contributed by atoms with Gasteiger partial charge in [0.2, 0.25) is 0 Å². The first-order chi connectivity index (χ1) is 5.66. The van der Waals surface area contributed by atoms with E-state index in [-0.39, 0.29) is 11.4 Å². The molecule has 0 aromatic rings. The van der Waals surface area contributed by atoms with Gasteiger partial charge in [0, 0.05) is 5.54 Å². The maximum Gasteiger partial charge on any atom is 0.153 e. The zero-order valence-corrected chi connectivity index (χ0v) is 7.51. The molecule has 4 nitrogen and oxygen atoms in total.